The van der Waals surface area contributed by atoms with Crippen LogP contribution < -0.4 is 0 Å². The third kappa shape index (κ3) is 1.09. The van der Waals surface area contributed by atoms with Gasteiger partial charge in [0.2, 0.25) is 0 Å². The maximum atomic E-state index is 5.98. The van der Waals surface area contributed by atoms with Crippen LogP contribution in [0.1, 0.15) is 19.3 Å². The van der Waals surface area contributed by atoms with Crippen LogP contribution in [0.2, 0.25) is 0 Å². The van der Waals surface area contributed by atoms with Crippen molar-refractivity contribution < 1.29 is 4.74 Å². The fraction of sp³-hybridized carbons (Fsp3) is 0.545. The molecule has 1 aliphatic carbocycles. The van der Waals surface area contributed by atoms with Crippen LogP contribution in [0, 0.1) is 5.92 Å². The molecule has 0 aromatic rings. The summed E-state index contributed by atoms with van der Waals surface area (Å²) >= 11 is 0. The Morgan fingerprint density at radius 1 is 1.31 bits per heavy atom. The van der Waals surface area contributed by atoms with Crippen molar-refractivity contribution in [3.63, 3.8) is 0 Å². The van der Waals surface area contributed by atoms with Gasteiger partial charge in [-0.25, -0.2) is 0 Å². The second kappa shape index (κ2) is 2.55. The van der Waals surface area contributed by atoms with E-state index in [-0.39, 0.29) is 11.8 Å². The number of hydrogen-bond donors (Lipinski definition) is 0. The van der Waals surface area contributed by atoms with E-state index < -0.39 is 0 Å². The van der Waals surface area contributed by atoms with Crippen LogP contribution in [0.4, 0.5) is 0 Å². The fourth-order valence-electron chi connectivity index (χ4n) is 2.15. The number of ether oxygens (including phenoxy) is 1. The Kier molecular flexibility index (Phi) is 1.47. The third-order valence-corrected chi connectivity index (χ3v) is 3.16. The van der Waals surface area contributed by atoms with Gasteiger partial charge in [0.05, 0.1) is 5.60 Å². The van der Waals surface area contributed by atoms with E-state index in [1.165, 1.54) is 19.3 Å². The zero-order valence-corrected chi connectivity index (χ0v) is 7.52. The molecule has 0 aromatic carbocycles. The monoisotopic (exact) mass is 175 g/mol. The molecule has 0 saturated heterocycles. The van der Waals surface area contributed by atoms with Crippen LogP contribution in [0.15, 0.2) is 29.3 Å². The molecular formula is C11H13NO. The zero-order chi connectivity index (χ0) is 8.73. The summed E-state index contributed by atoms with van der Waals surface area (Å²) in [7, 11) is 0. The summed E-state index contributed by atoms with van der Waals surface area (Å²) in [5, 5.41) is 0. The molecule has 2 aliphatic heterocycles. The zero-order valence-electron chi connectivity index (χ0n) is 7.52. The van der Waals surface area contributed by atoms with Crippen molar-refractivity contribution in [1.29, 1.82) is 0 Å². The van der Waals surface area contributed by atoms with Crippen LogP contribution >= 0.6 is 0 Å². The first-order valence-corrected chi connectivity index (χ1v) is 4.95. The quantitative estimate of drug-likeness (QED) is 0.516. The number of fused-ring (bicyclic) bond motifs is 1. The van der Waals surface area contributed by atoms with Crippen LogP contribution in [-0.2, 0) is 4.74 Å². The molecule has 1 spiro atoms. The van der Waals surface area contributed by atoms with E-state index in [0.29, 0.717) is 5.92 Å². The van der Waals surface area contributed by atoms with Crippen LogP contribution in [0.5, 0.6) is 0 Å². The molecule has 3 rings (SSSR count). The van der Waals surface area contributed by atoms with E-state index in [9.17, 15) is 0 Å². The van der Waals surface area contributed by atoms with Gasteiger partial charge in [0, 0.05) is 12.1 Å². The molecule has 0 radical (unpaired) electrons. The molecule has 2 nitrogen and oxygen atoms in total. The highest BCUT2D eigenvalue weighted by atomic mass is 16.5. The molecule has 2 heterocycles. The summed E-state index contributed by atoms with van der Waals surface area (Å²) < 4.78 is 5.98. The SMILES string of the molecule is C1=CC2C=CC3(CCC3)OC2N=C1. The highest BCUT2D eigenvalue weighted by Crippen LogP contribution is 2.42. The molecule has 1 saturated carbocycles. The minimum atomic E-state index is 0.0512. The van der Waals surface area contributed by atoms with Crippen molar-refractivity contribution in [2.75, 3.05) is 0 Å². The Labute approximate surface area is 78.0 Å². The predicted octanol–water partition coefficient (Wildman–Crippen LogP) is 2.08. The van der Waals surface area contributed by atoms with Gasteiger partial charge in [0.15, 0.2) is 6.23 Å². The number of dihydropyridines is 1. The second-order valence-electron chi connectivity index (χ2n) is 4.05. The van der Waals surface area contributed by atoms with Crippen molar-refractivity contribution >= 4 is 6.21 Å². The first-order chi connectivity index (χ1) is 6.38. The van der Waals surface area contributed by atoms with Gasteiger partial charge in [-0.1, -0.05) is 18.2 Å². The van der Waals surface area contributed by atoms with E-state index in [1.54, 1.807) is 0 Å². The maximum absolute atomic E-state index is 5.98. The minimum absolute atomic E-state index is 0.0512. The summed E-state index contributed by atoms with van der Waals surface area (Å²) in [6, 6.07) is 0. The molecule has 0 amide bonds. The number of nitrogens with zero attached hydrogens (tertiary/aromatic N) is 1. The summed E-state index contributed by atoms with van der Waals surface area (Å²) in [5.41, 5.74) is 0.0592. The molecule has 1 fully saturated rings. The molecule has 13 heavy (non-hydrogen) atoms. The standard InChI is InChI=1S/C11H13NO/c1-3-9-4-7-11(5-2-6-11)13-10(9)12-8-1/h1,3-4,7-10H,2,5-6H2. The Hall–Kier alpha value is -0.890. The molecule has 2 unspecified atom stereocenters. The Bertz CT molecular complexity index is 299. The Morgan fingerprint density at radius 3 is 3.00 bits per heavy atom. The van der Waals surface area contributed by atoms with Gasteiger partial charge in [-0.05, 0) is 25.3 Å². The van der Waals surface area contributed by atoms with E-state index >= 15 is 0 Å². The molecular weight excluding hydrogens is 162 g/mol. The molecule has 0 aromatic heterocycles. The summed E-state index contributed by atoms with van der Waals surface area (Å²) in [5.74, 6) is 0.372. The summed E-state index contributed by atoms with van der Waals surface area (Å²) in [6.07, 6.45) is 14.2. The van der Waals surface area contributed by atoms with Crippen molar-refractivity contribution in [2.24, 2.45) is 10.9 Å². The first kappa shape index (κ1) is 7.51. The molecule has 2 atom stereocenters. The normalized spacial score (nSPS) is 38.8. The predicted molar refractivity (Wildman–Crippen MR) is 51.7 cm³/mol. The average Bonchev–Trinajstić information content (AvgIpc) is 2.15. The smallest absolute Gasteiger partial charge is 0.159 e. The highest BCUT2D eigenvalue weighted by molar-refractivity contribution is 5.72. The van der Waals surface area contributed by atoms with Gasteiger partial charge >= 0.3 is 0 Å². The first-order valence-electron chi connectivity index (χ1n) is 4.95. The van der Waals surface area contributed by atoms with E-state index in [4.69, 9.17) is 4.74 Å². The van der Waals surface area contributed by atoms with Gasteiger partial charge in [-0.2, -0.15) is 0 Å². The number of rotatable bonds is 0. The van der Waals surface area contributed by atoms with Gasteiger partial charge in [-0.15, -0.1) is 0 Å². The van der Waals surface area contributed by atoms with Gasteiger partial charge < -0.3 is 4.74 Å². The Morgan fingerprint density at radius 2 is 2.23 bits per heavy atom. The molecule has 3 aliphatic rings. The van der Waals surface area contributed by atoms with E-state index in [2.05, 4.69) is 23.2 Å². The highest BCUT2D eigenvalue weighted by Gasteiger charge is 2.41. The van der Waals surface area contributed by atoms with Crippen molar-refractivity contribution in [1.82, 2.24) is 0 Å². The Balaban J connectivity index is 1.88. The minimum Gasteiger partial charge on any atom is -0.345 e. The van der Waals surface area contributed by atoms with Crippen LogP contribution in [0.25, 0.3) is 0 Å². The largest absolute Gasteiger partial charge is 0.345 e. The summed E-state index contributed by atoms with van der Waals surface area (Å²) in [6.45, 7) is 0. The topological polar surface area (TPSA) is 21.6 Å². The lowest BCUT2D eigenvalue weighted by atomic mass is 9.77. The van der Waals surface area contributed by atoms with E-state index in [0.717, 1.165) is 0 Å². The number of allylic oxidation sites excluding steroid dienone is 1. The lowest BCUT2D eigenvalue weighted by Crippen LogP contribution is -2.45. The lowest BCUT2D eigenvalue weighted by molar-refractivity contribution is -0.120. The molecule has 2 heteroatoms. The van der Waals surface area contributed by atoms with Crippen LogP contribution in [-0.4, -0.2) is 18.0 Å². The third-order valence-electron chi connectivity index (χ3n) is 3.16. The second-order valence-corrected chi connectivity index (χ2v) is 4.05. The number of aliphatic imine (C=N–C) groups is 1. The van der Waals surface area contributed by atoms with Gasteiger partial charge in [-0.3, -0.25) is 4.99 Å². The molecule has 68 valence electrons. The van der Waals surface area contributed by atoms with Crippen LogP contribution in [0.3, 0.4) is 0 Å². The van der Waals surface area contributed by atoms with Gasteiger partial charge in [0.25, 0.3) is 0 Å². The van der Waals surface area contributed by atoms with Crippen molar-refractivity contribution in [3.8, 4) is 0 Å². The average molecular weight is 175 g/mol. The molecule has 0 bridgehead atoms. The number of hydrogen-bond acceptors (Lipinski definition) is 2. The molecule has 0 N–H and O–H groups in total. The van der Waals surface area contributed by atoms with Gasteiger partial charge in [0.1, 0.15) is 0 Å². The van der Waals surface area contributed by atoms with Crippen molar-refractivity contribution in [2.45, 2.75) is 31.1 Å². The fourth-order valence-corrected chi connectivity index (χ4v) is 2.15. The van der Waals surface area contributed by atoms with E-state index in [1.807, 2.05) is 12.3 Å². The summed E-state index contributed by atoms with van der Waals surface area (Å²) in [4.78, 5) is 4.34. The lowest BCUT2D eigenvalue weighted by Gasteiger charge is -2.45. The maximum Gasteiger partial charge on any atom is 0.159 e. The van der Waals surface area contributed by atoms with Crippen molar-refractivity contribution in [3.05, 3.63) is 24.3 Å².